The predicted octanol–water partition coefficient (Wildman–Crippen LogP) is 2.11. The molecule has 1 aromatic carbocycles. The summed E-state index contributed by atoms with van der Waals surface area (Å²) in [4.78, 5) is 25.7. The van der Waals surface area contributed by atoms with E-state index in [0.29, 0.717) is 18.7 Å². The van der Waals surface area contributed by atoms with Crippen LogP contribution in [-0.2, 0) is 9.59 Å². The Hall–Kier alpha value is -1.66. The molecule has 1 aromatic rings. The van der Waals surface area contributed by atoms with E-state index in [9.17, 15) is 19.1 Å². The summed E-state index contributed by atoms with van der Waals surface area (Å²) in [5, 5.41) is 12.3. The normalized spacial score (nSPS) is 19.3. The van der Waals surface area contributed by atoms with Gasteiger partial charge in [0.05, 0.1) is 17.5 Å². The van der Waals surface area contributed by atoms with Crippen LogP contribution in [0.2, 0.25) is 5.02 Å². The fraction of sp³-hybridized carbons (Fsp3) is 0.500. The third kappa shape index (κ3) is 4.20. The highest BCUT2D eigenvalue weighted by molar-refractivity contribution is 6.31. The van der Waals surface area contributed by atoms with Gasteiger partial charge in [0.15, 0.2) is 0 Å². The molecule has 126 valence electrons. The molecule has 1 saturated heterocycles. The van der Waals surface area contributed by atoms with Gasteiger partial charge in [0.1, 0.15) is 11.9 Å². The number of nitrogens with one attached hydrogen (secondary N) is 1. The van der Waals surface area contributed by atoms with Gasteiger partial charge in [-0.15, -0.1) is 0 Å². The number of hydrogen-bond acceptors (Lipinski definition) is 3. The van der Waals surface area contributed by atoms with Crippen molar-refractivity contribution in [1.82, 2.24) is 5.32 Å². The minimum atomic E-state index is -0.737. The van der Waals surface area contributed by atoms with Crippen molar-refractivity contribution in [3.63, 3.8) is 0 Å². The fourth-order valence-electron chi connectivity index (χ4n) is 2.40. The average Bonchev–Trinajstić information content (AvgIpc) is 2.83. The molecule has 7 heteroatoms. The SMILES string of the molecule is CC(C)C(O)CC(=O)NC1CCN(c2ccc(F)c(Cl)c2)C1=O. The number of rotatable bonds is 5. The topological polar surface area (TPSA) is 69.6 Å². The van der Waals surface area contributed by atoms with Crippen LogP contribution in [-0.4, -0.2) is 35.6 Å². The number of halogens is 2. The molecule has 0 spiro atoms. The van der Waals surface area contributed by atoms with Gasteiger partial charge >= 0.3 is 0 Å². The third-order valence-electron chi connectivity index (χ3n) is 3.92. The van der Waals surface area contributed by atoms with E-state index in [0.717, 1.165) is 0 Å². The van der Waals surface area contributed by atoms with Gasteiger partial charge in [0.2, 0.25) is 11.8 Å². The number of benzene rings is 1. The first-order valence-corrected chi connectivity index (χ1v) is 7.91. The number of aliphatic hydroxyl groups excluding tert-OH is 1. The van der Waals surface area contributed by atoms with Gasteiger partial charge in [-0.25, -0.2) is 4.39 Å². The van der Waals surface area contributed by atoms with Crippen molar-refractivity contribution in [1.29, 1.82) is 0 Å². The van der Waals surface area contributed by atoms with E-state index in [2.05, 4.69) is 5.32 Å². The zero-order valence-electron chi connectivity index (χ0n) is 13.1. The predicted molar refractivity (Wildman–Crippen MR) is 85.8 cm³/mol. The van der Waals surface area contributed by atoms with E-state index < -0.39 is 18.0 Å². The van der Waals surface area contributed by atoms with Crippen LogP contribution in [0.1, 0.15) is 26.7 Å². The first-order chi connectivity index (χ1) is 10.8. The lowest BCUT2D eigenvalue weighted by atomic mass is 10.0. The summed E-state index contributed by atoms with van der Waals surface area (Å²) < 4.78 is 13.2. The Morgan fingerprint density at radius 1 is 1.52 bits per heavy atom. The molecule has 0 saturated carbocycles. The summed E-state index contributed by atoms with van der Waals surface area (Å²) >= 11 is 5.74. The molecule has 2 rings (SSSR count). The lowest BCUT2D eigenvalue weighted by molar-refractivity contribution is -0.128. The Morgan fingerprint density at radius 2 is 2.22 bits per heavy atom. The molecule has 1 heterocycles. The molecule has 0 bridgehead atoms. The van der Waals surface area contributed by atoms with Gasteiger partial charge < -0.3 is 15.3 Å². The number of aliphatic hydroxyl groups is 1. The Labute approximate surface area is 139 Å². The number of hydrogen-bond donors (Lipinski definition) is 2. The third-order valence-corrected chi connectivity index (χ3v) is 4.21. The molecule has 1 aliphatic heterocycles. The van der Waals surface area contributed by atoms with Gasteiger partial charge in [-0.05, 0) is 30.5 Å². The van der Waals surface area contributed by atoms with Crippen LogP contribution in [0.3, 0.4) is 0 Å². The molecule has 5 nitrogen and oxygen atoms in total. The van der Waals surface area contributed by atoms with Gasteiger partial charge in [-0.1, -0.05) is 25.4 Å². The highest BCUT2D eigenvalue weighted by Gasteiger charge is 2.34. The fourth-order valence-corrected chi connectivity index (χ4v) is 2.58. The maximum absolute atomic E-state index is 13.2. The molecule has 1 fully saturated rings. The van der Waals surface area contributed by atoms with E-state index >= 15 is 0 Å². The second-order valence-corrected chi connectivity index (χ2v) is 6.42. The van der Waals surface area contributed by atoms with Crippen LogP contribution in [0.5, 0.6) is 0 Å². The molecule has 1 aliphatic rings. The monoisotopic (exact) mass is 342 g/mol. The lowest BCUT2D eigenvalue weighted by Crippen LogP contribution is -2.42. The number of nitrogens with zero attached hydrogens (tertiary/aromatic N) is 1. The zero-order chi connectivity index (χ0) is 17.1. The minimum absolute atomic E-state index is 0.0297. The number of amides is 2. The Morgan fingerprint density at radius 3 is 2.83 bits per heavy atom. The number of carbonyl (C=O) groups is 2. The molecule has 23 heavy (non-hydrogen) atoms. The quantitative estimate of drug-likeness (QED) is 0.861. The van der Waals surface area contributed by atoms with Gasteiger partial charge in [-0.3, -0.25) is 9.59 Å². The Kier molecular flexibility index (Phi) is 5.59. The van der Waals surface area contributed by atoms with E-state index in [-0.39, 0.29) is 29.2 Å². The molecular weight excluding hydrogens is 323 g/mol. The van der Waals surface area contributed by atoms with E-state index in [4.69, 9.17) is 11.6 Å². The highest BCUT2D eigenvalue weighted by Crippen LogP contribution is 2.26. The van der Waals surface area contributed by atoms with Crippen LogP contribution in [0.15, 0.2) is 18.2 Å². The molecular formula is C16H20ClFN2O3. The van der Waals surface area contributed by atoms with Crippen LogP contribution in [0, 0.1) is 11.7 Å². The minimum Gasteiger partial charge on any atom is -0.392 e. The second-order valence-electron chi connectivity index (χ2n) is 6.01. The largest absolute Gasteiger partial charge is 0.392 e. The molecule has 2 atom stereocenters. The molecule has 2 amide bonds. The van der Waals surface area contributed by atoms with E-state index in [1.165, 1.54) is 23.1 Å². The summed E-state index contributed by atoms with van der Waals surface area (Å²) in [6.07, 6.45) is -0.320. The maximum Gasteiger partial charge on any atom is 0.249 e. The molecule has 2 N–H and O–H groups in total. The molecule has 0 aliphatic carbocycles. The first-order valence-electron chi connectivity index (χ1n) is 7.53. The molecule has 0 aromatic heterocycles. The van der Waals surface area contributed by atoms with Crippen LogP contribution < -0.4 is 10.2 Å². The van der Waals surface area contributed by atoms with Crippen molar-refractivity contribution in [2.45, 2.75) is 38.8 Å². The average molecular weight is 343 g/mol. The molecule has 2 unspecified atom stereocenters. The smallest absolute Gasteiger partial charge is 0.249 e. The van der Waals surface area contributed by atoms with Gasteiger partial charge in [0, 0.05) is 12.2 Å². The van der Waals surface area contributed by atoms with Crippen molar-refractivity contribution in [2.75, 3.05) is 11.4 Å². The van der Waals surface area contributed by atoms with Crippen molar-refractivity contribution < 1.29 is 19.1 Å². The first kappa shape index (κ1) is 17.7. The van der Waals surface area contributed by atoms with Crippen LogP contribution in [0.25, 0.3) is 0 Å². The summed E-state index contributed by atoms with van der Waals surface area (Å²) in [5.74, 6) is -1.20. The van der Waals surface area contributed by atoms with Crippen LogP contribution >= 0.6 is 11.6 Å². The summed E-state index contributed by atoms with van der Waals surface area (Å²) in [5.41, 5.74) is 0.500. The summed E-state index contributed by atoms with van der Waals surface area (Å²) in [6, 6.07) is 3.44. The van der Waals surface area contributed by atoms with Crippen LogP contribution in [0.4, 0.5) is 10.1 Å². The summed E-state index contributed by atoms with van der Waals surface area (Å²) in [6.45, 7) is 4.05. The number of carbonyl (C=O) groups excluding carboxylic acids is 2. The maximum atomic E-state index is 13.2. The van der Waals surface area contributed by atoms with Crippen molar-refractivity contribution in [2.24, 2.45) is 5.92 Å². The number of anilines is 1. The summed E-state index contributed by atoms with van der Waals surface area (Å²) in [7, 11) is 0. The van der Waals surface area contributed by atoms with Crippen molar-refractivity contribution >= 4 is 29.1 Å². The van der Waals surface area contributed by atoms with E-state index in [1.807, 2.05) is 13.8 Å². The van der Waals surface area contributed by atoms with Gasteiger partial charge in [-0.2, -0.15) is 0 Å². The second kappa shape index (κ2) is 7.27. The molecule has 0 radical (unpaired) electrons. The van der Waals surface area contributed by atoms with Crippen molar-refractivity contribution in [3.05, 3.63) is 29.0 Å². The highest BCUT2D eigenvalue weighted by atomic mass is 35.5. The Balaban J connectivity index is 1.98. The Bertz CT molecular complexity index is 609. The standard InChI is InChI=1S/C16H20ClFN2O3/c1-9(2)14(21)8-15(22)19-13-5-6-20(16(13)23)10-3-4-12(18)11(17)7-10/h3-4,7,9,13-14,21H,5-6,8H2,1-2H3,(H,19,22). The zero-order valence-corrected chi connectivity index (χ0v) is 13.8. The van der Waals surface area contributed by atoms with Crippen molar-refractivity contribution in [3.8, 4) is 0 Å². The van der Waals surface area contributed by atoms with E-state index in [1.54, 1.807) is 0 Å². The lowest BCUT2D eigenvalue weighted by Gasteiger charge is -2.19. The van der Waals surface area contributed by atoms with Gasteiger partial charge in [0.25, 0.3) is 0 Å².